The number of hydrogen-bond acceptors (Lipinski definition) is 3. The Morgan fingerprint density at radius 1 is 0.321 bits per heavy atom. The largest absolute Gasteiger partial charge is 0.438 e. The van der Waals surface area contributed by atoms with E-state index in [-0.39, 0.29) is 0 Å². The molecule has 2 heterocycles. The predicted molar refractivity (Wildman–Crippen MR) is 219 cm³/mol. The fourth-order valence-corrected chi connectivity index (χ4v) is 7.40. The smallest absolute Gasteiger partial charge is 0.231 e. The Hall–Kier alpha value is -7.10. The van der Waals surface area contributed by atoms with Crippen LogP contribution >= 0.6 is 0 Å². The highest BCUT2D eigenvalue weighted by molar-refractivity contribution is 6.14. The second-order valence-electron chi connectivity index (χ2n) is 13.4. The van der Waals surface area contributed by atoms with Crippen LogP contribution in [0.25, 0.3) is 100.0 Å². The molecule has 0 aliphatic carbocycles. The molecule has 3 nitrogen and oxygen atoms in total. The Kier molecular flexibility index (Phi) is 7.47. The van der Waals surface area contributed by atoms with Crippen molar-refractivity contribution < 1.29 is 4.42 Å². The summed E-state index contributed by atoms with van der Waals surface area (Å²) in [5, 5.41) is 4.23. The van der Waals surface area contributed by atoms with Crippen LogP contribution in [0.2, 0.25) is 0 Å². The Bertz CT molecular complexity index is 2870. The Balaban J connectivity index is 1.09. The van der Waals surface area contributed by atoms with Crippen LogP contribution in [-0.4, -0.2) is 9.97 Å². The molecule has 0 radical (unpaired) electrons. The van der Waals surface area contributed by atoms with Gasteiger partial charge in [0.15, 0.2) is 5.82 Å². The predicted octanol–water partition coefficient (Wildman–Crippen LogP) is 13.5. The van der Waals surface area contributed by atoms with E-state index in [1.165, 1.54) is 27.8 Å². The maximum absolute atomic E-state index is 6.50. The SMILES string of the molecule is c1ccc(-c2cc(-c3ccccc3)cc(-c3cccc(-c4cccc(-c5nc(-c6ccccc6)c6c(n5)oc5cc7ccccc7cc56)c4)c3)c2)cc1. The first-order chi connectivity index (χ1) is 26.2. The molecule has 3 heteroatoms. The van der Waals surface area contributed by atoms with Gasteiger partial charge < -0.3 is 4.42 Å². The normalized spacial score (nSPS) is 11.4. The van der Waals surface area contributed by atoms with Crippen molar-refractivity contribution in [2.45, 2.75) is 0 Å². The number of benzene rings is 8. The second-order valence-corrected chi connectivity index (χ2v) is 13.4. The number of hydrogen-bond donors (Lipinski definition) is 0. The molecule has 10 aromatic rings. The van der Waals surface area contributed by atoms with E-state index in [2.05, 4.69) is 176 Å². The van der Waals surface area contributed by atoms with E-state index in [0.29, 0.717) is 11.5 Å². The average Bonchev–Trinajstić information content (AvgIpc) is 3.60. The lowest BCUT2D eigenvalue weighted by Crippen LogP contribution is -1.94. The van der Waals surface area contributed by atoms with Crippen LogP contribution in [0.1, 0.15) is 0 Å². The van der Waals surface area contributed by atoms with E-state index < -0.39 is 0 Å². The molecule has 0 N–H and O–H groups in total. The number of fused-ring (bicyclic) bond motifs is 4. The van der Waals surface area contributed by atoms with Gasteiger partial charge in [0.1, 0.15) is 5.58 Å². The third-order valence-corrected chi connectivity index (χ3v) is 10.0. The minimum atomic E-state index is 0.582. The van der Waals surface area contributed by atoms with E-state index in [1.807, 2.05) is 18.2 Å². The lowest BCUT2D eigenvalue weighted by Gasteiger charge is -2.13. The molecule has 10 rings (SSSR count). The van der Waals surface area contributed by atoms with Gasteiger partial charge in [0.25, 0.3) is 0 Å². The quantitative estimate of drug-likeness (QED) is 0.176. The van der Waals surface area contributed by atoms with Crippen LogP contribution in [0.4, 0.5) is 0 Å². The highest BCUT2D eigenvalue weighted by atomic mass is 16.3. The molecule has 0 aliphatic heterocycles. The Morgan fingerprint density at radius 2 is 0.755 bits per heavy atom. The molecule has 0 bridgehead atoms. The van der Waals surface area contributed by atoms with Gasteiger partial charge in [-0.1, -0.05) is 152 Å². The monoisotopic (exact) mass is 676 g/mol. The maximum Gasteiger partial charge on any atom is 0.231 e. The van der Waals surface area contributed by atoms with E-state index in [1.54, 1.807) is 0 Å². The third kappa shape index (κ3) is 5.75. The van der Waals surface area contributed by atoms with Gasteiger partial charge in [0.05, 0.1) is 11.1 Å². The van der Waals surface area contributed by atoms with Crippen molar-refractivity contribution in [1.29, 1.82) is 0 Å². The molecule has 0 saturated heterocycles. The lowest BCUT2D eigenvalue weighted by molar-refractivity contribution is 0.654. The summed E-state index contributed by atoms with van der Waals surface area (Å²) in [5.74, 6) is 0.626. The lowest BCUT2D eigenvalue weighted by atomic mass is 9.92. The minimum Gasteiger partial charge on any atom is -0.438 e. The first kappa shape index (κ1) is 30.7. The van der Waals surface area contributed by atoms with Crippen LogP contribution < -0.4 is 0 Å². The van der Waals surface area contributed by atoms with E-state index in [9.17, 15) is 0 Å². The molecule has 0 atom stereocenters. The fraction of sp³-hybridized carbons (Fsp3) is 0. The summed E-state index contributed by atoms with van der Waals surface area (Å²) >= 11 is 0. The number of aromatic nitrogens is 2. The van der Waals surface area contributed by atoms with Crippen LogP contribution in [0.15, 0.2) is 199 Å². The summed E-state index contributed by atoms with van der Waals surface area (Å²) in [6.45, 7) is 0. The summed E-state index contributed by atoms with van der Waals surface area (Å²) in [6, 6.07) is 68.3. The van der Waals surface area contributed by atoms with Crippen LogP contribution in [0, 0.1) is 0 Å². The molecule has 0 saturated carbocycles. The third-order valence-electron chi connectivity index (χ3n) is 10.0. The molecule has 8 aromatic carbocycles. The molecular weight excluding hydrogens is 645 g/mol. The molecule has 248 valence electrons. The molecule has 0 fully saturated rings. The number of furan rings is 1. The zero-order chi connectivity index (χ0) is 35.1. The summed E-state index contributed by atoms with van der Waals surface area (Å²) in [4.78, 5) is 10.3. The molecular formula is C50H32N2O. The van der Waals surface area contributed by atoms with Crippen molar-refractivity contribution in [2.24, 2.45) is 0 Å². The van der Waals surface area contributed by atoms with Crippen molar-refractivity contribution in [3.05, 3.63) is 194 Å². The average molecular weight is 677 g/mol. The zero-order valence-corrected chi connectivity index (χ0v) is 28.8. The number of nitrogens with zero attached hydrogens (tertiary/aromatic N) is 2. The van der Waals surface area contributed by atoms with Gasteiger partial charge in [-0.25, -0.2) is 4.98 Å². The topological polar surface area (TPSA) is 38.9 Å². The summed E-state index contributed by atoms with van der Waals surface area (Å²) in [6.07, 6.45) is 0. The van der Waals surface area contributed by atoms with Crippen molar-refractivity contribution in [3.63, 3.8) is 0 Å². The molecule has 2 aromatic heterocycles. The maximum atomic E-state index is 6.50. The summed E-state index contributed by atoms with van der Waals surface area (Å²) in [7, 11) is 0. The Morgan fingerprint density at radius 3 is 1.36 bits per heavy atom. The van der Waals surface area contributed by atoms with Gasteiger partial charge in [-0.3, -0.25) is 0 Å². The van der Waals surface area contributed by atoms with E-state index >= 15 is 0 Å². The van der Waals surface area contributed by atoms with Crippen molar-refractivity contribution in [3.8, 4) is 67.2 Å². The Labute approximate surface area is 307 Å². The second kappa shape index (κ2) is 12.9. The zero-order valence-electron chi connectivity index (χ0n) is 28.8. The van der Waals surface area contributed by atoms with Gasteiger partial charge >= 0.3 is 0 Å². The number of rotatable bonds is 6. The van der Waals surface area contributed by atoms with E-state index in [0.717, 1.165) is 60.6 Å². The van der Waals surface area contributed by atoms with Crippen LogP contribution in [0.5, 0.6) is 0 Å². The first-order valence-electron chi connectivity index (χ1n) is 17.9. The van der Waals surface area contributed by atoms with Gasteiger partial charge in [0.2, 0.25) is 5.71 Å². The van der Waals surface area contributed by atoms with Gasteiger partial charge in [-0.05, 0) is 97.7 Å². The molecule has 0 aliphatic rings. The first-order valence-corrected chi connectivity index (χ1v) is 17.9. The van der Waals surface area contributed by atoms with Crippen molar-refractivity contribution in [2.75, 3.05) is 0 Å². The standard InChI is InChI=1S/C50H32N2O/c1-4-14-33(15-5-1)42-28-43(34-16-6-2-7-17-34)30-44(29-42)38-24-12-22-36(26-38)37-23-13-25-41(27-37)49-51-48(35-18-8-3-9-19-35)47-45-31-39-20-10-11-21-40(39)32-46(45)53-50(47)52-49/h1-32H. The van der Waals surface area contributed by atoms with Crippen LogP contribution in [0.3, 0.4) is 0 Å². The summed E-state index contributed by atoms with van der Waals surface area (Å²) in [5.41, 5.74) is 13.5. The summed E-state index contributed by atoms with van der Waals surface area (Å²) < 4.78 is 6.50. The van der Waals surface area contributed by atoms with Crippen molar-refractivity contribution >= 4 is 32.8 Å². The molecule has 0 spiro atoms. The molecule has 0 amide bonds. The van der Waals surface area contributed by atoms with Crippen LogP contribution in [-0.2, 0) is 0 Å². The minimum absolute atomic E-state index is 0.582. The van der Waals surface area contributed by atoms with Crippen molar-refractivity contribution in [1.82, 2.24) is 9.97 Å². The fourth-order valence-electron chi connectivity index (χ4n) is 7.40. The molecule has 53 heavy (non-hydrogen) atoms. The highest BCUT2D eigenvalue weighted by Crippen LogP contribution is 2.39. The van der Waals surface area contributed by atoms with Gasteiger partial charge in [0, 0.05) is 16.5 Å². The molecule has 0 unspecified atom stereocenters. The highest BCUT2D eigenvalue weighted by Gasteiger charge is 2.19. The van der Waals surface area contributed by atoms with Gasteiger partial charge in [-0.15, -0.1) is 0 Å². The van der Waals surface area contributed by atoms with E-state index in [4.69, 9.17) is 14.4 Å². The van der Waals surface area contributed by atoms with Gasteiger partial charge in [-0.2, -0.15) is 4.98 Å².